The van der Waals surface area contributed by atoms with Gasteiger partial charge in [-0.2, -0.15) is 5.10 Å². The van der Waals surface area contributed by atoms with Gasteiger partial charge in [0.2, 0.25) is 6.79 Å². The Morgan fingerprint density at radius 2 is 1.85 bits per heavy atom. The van der Waals surface area contributed by atoms with Crippen molar-refractivity contribution in [1.82, 2.24) is 9.78 Å². The van der Waals surface area contributed by atoms with Gasteiger partial charge >= 0.3 is 0 Å². The number of hydrogen-bond acceptors (Lipinski definition) is 4. The summed E-state index contributed by atoms with van der Waals surface area (Å²) in [7, 11) is 0. The zero-order valence-corrected chi connectivity index (χ0v) is 15.7. The molecule has 0 amide bonds. The van der Waals surface area contributed by atoms with Crippen molar-refractivity contribution >= 4 is 5.82 Å². The zero-order valence-electron chi connectivity index (χ0n) is 15.7. The summed E-state index contributed by atoms with van der Waals surface area (Å²) < 4.78 is 13.1. The maximum absolute atomic E-state index is 5.58. The SMILES string of the molecule is Cc1ccc(-n2nc(-c3ccc4c(c3)OCO4)c3c2NCCCC3)cc1C. The Labute approximate surface area is 158 Å². The first-order chi connectivity index (χ1) is 13.2. The second-order valence-electron chi connectivity index (χ2n) is 7.31. The van der Waals surface area contributed by atoms with Gasteiger partial charge in [-0.1, -0.05) is 6.07 Å². The Kier molecular flexibility index (Phi) is 3.81. The molecule has 138 valence electrons. The van der Waals surface area contributed by atoms with Crippen LogP contribution in [0, 0.1) is 13.8 Å². The molecule has 3 aromatic rings. The van der Waals surface area contributed by atoms with Crippen molar-refractivity contribution in [2.45, 2.75) is 33.1 Å². The number of benzene rings is 2. The van der Waals surface area contributed by atoms with Crippen LogP contribution in [0.1, 0.15) is 29.5 Å². The first-order valence-electron chi connectivity index (χ1n) is 9.54. The van der Waals surface area contributed by atoms with Gasteiger partial charge in [0.1, 0.15) is 5.82 Å². The van der Waals surface area contributed by atoms with Gasteiger partial charge < -0.3 is 14.8 Å². The van der Waals surface area contributed by atoms with Crippen molar-refractivity contribution in [2.24, 2.45) is 0 Å². The molecule has 0 unspecified atom stereocenters. The first kappa shape index (κ1) is 16.2. The lowest BCUT2D eigenvalue weighted by atomic mass is 10.0. The Bertz CT molecular complexity index is 1020. The van der Waals surface area contributed by atoms with Crippen molar-refractivity contribution in [2.75, 3.05) is 18.7 Å². The van der Waals surface area contributed by atoms with Gasteiger partial charge in [0.05, 0.1) is 11.4 Å². The third-order valence-electron chi connectivity index (χ3n) is 5.51. The Balaban J connectivity index is 1.68. The topological polar surface area (TPSA) is 48.3 Å². The summed E-state index contributed by atoms with van der Waals surface area (Å²) in [5, 5.41) is 8.64. The van der Waals surface area contributed by atoms with Gasteiger partial charge in [0.25, 0.3) is 0 Å². The van der Waals surface area contributed by atoms with E-state index < -0.39 is 0 Å². The molecule has 2 aromatic carbocycles. The fourth-order valence-electron chi connectivity index (χ4n) is 3.82. The average molecular weight is 361 g/mol. The molecule has 0 fully saturated rings. The van der Waals surface area contributed by atoms with E-state index >= 15 is 0 Å². The highest BCUT2D eigenvalue weighted by molar-refractivity contribution is 5.73. The quantitative estimate of drug-likeness (QED) is 0.723. The monoisotopic (exact) mass is 361 g/mol. The van der Waals surface area contributed by atoms with Crippen LogP contribution in [-0.2, 0) is 6.42 Å². The van der Waals surface area contributed by atoms with Crippen LogP contribution in [-0.4, -0.2) is 23.1 Å². The highest BCUT2D eigenvalue weighted by atomic mass is 16.7. The average Bonchev–Trinajstić information content (AvgIpc) is 3.21. The van der Waals surface area contributed by atoms with Crippen LogP contribution in [0.15, 0.2) is 36.4 Å². The summed E-state index contributed by atoms with van der Waals surface area (Å²) >= 11 is 0. The number of rotatable bonds is 2. The van der Waals surface area contributed by atoms with Gasteiger partial charge in [-0.15, -0.1) is 0 Å². The summed E-state index contributed by atoms with van der Waals surface area (Å²) in [6.07, 6.45) is 3.36. The first-order valence-corrected chi connectivity index (χ1v) is 9.54. The second-order valence-corrected chi connectivity index (χ2v) is 7.31. The van der Waals surface area contributed by atoms with E-state index in [9.17, 15) is 0 Å². The summed E-state index contributed by atoms with van der Waals surface area (Å²) in [5.74, 6) is 2.71. The molecular formula is C22H23N3O2. The van der Waals surface area contributed by atoms with Crippen molar-refractivity contribution < 1.29 is 9.47 Å². The zero-order chi connectivity index (χ0) is 18.4. The van der Waals surface area contributed by atoms with Crippen LogP contribution < -0.4 is 14.8 Å². The van der Waals surface area contributed by atoms with Crippen LogP contribution in [0.4, 0.5) is 5.82 Å². The lowest BCUT2D eigenvalue weighted by Crippen LogP contribution is -2.07. The van der Waals surface area contributed by atoms with Gasteiger partial charge in [-0.05, 0) is 74.6 Å². The largest absolute Gasteiger partial charge is 0.454 e. The molecule has 0 radical (unpaired) electrons. The van der Waals surface area contributed by atoms with Gasteiger partial charge in [0.15, 0.2) is 11.5 Å². The van der Waals surface area contributed by atoms with Gasteiger partial charge in [-0.25, -0.2) is 4.68 Å². The van der Waals surface area contributed by atoms with E-state index in [0.717, 1.165) is 53.6 Å². The van der Waals surface area contributed by atoms with Crippen LogP contribution in [0.25, 0.3) is 16.9 Å². The fraction of sp³-hybridized carbons (Fsp3) is 0.318. The molecule has 5 heteroatoms. The molecule has 5 rings (SSSR count). The lowest BCUT2D eigenvalue weighted by molar-refractivity contribution is 0.174. The van der Waals surface area contributed by atoms with Crippen molar-refractivity contribution in [3.8, 4) is 28.4 Å². The van der Waals surface area contributed by atoms with E-state index in [4.69, 9.17) is 14.6 Å². The fourth-order valence-corrected chi connectivity index (χ4v) is 3.82. The number of aromatic nitrogens is 2. The number of nitrogens with zero attached hydrogens (tertiary/aromatic N) is 2. The Morgan fingerprint density at radius 1 is 0.963 bits per heavy atom. The molecule has 27 heavy (non-hydrogen) atoms. The van der Waals surface area contributed by atoms with E-state index in [1.807, 2.05) is 12.1 Å². The summed E-state index contributed by atoms with van der Waals surface area (Å²) in [6.45, 7) is 5.55. The number of ether oxygens (including phenoxy) is 2. The molecule has 0 spiro atoms. The summed E-state index contributed by atoms with van der Waals surface area (Å²) in [5.41, 5.74) is 7.04. The molecular weight excluding hydrogens is 338 g/mol. The molecule has 1 aromatic heterocycles. The predicted molar refractivity (Wildman–Crippen MR) is 106 cm³/mol. The number of aryl methyl sites for hydroxylation is 2. The van der Waals surface area contributed by atoms with Crippen molar-refractivity contribution in [3.05, 3.63) is 53.1 Å². The highest BCUT2D eigenvalue weighted by Crippen LogP contribution is 2.39. The van der Waals surface area contributed by atoms with E-state index in [1.165, 1.54) is 23.1 Å². The normalized spacial score (nSPS) is 15.2. The maximum atomic E-state index is 5.58. The van der Waals surface area contributed by atoms with Gasteiger partial charge in [-0.3, -0.25) is 0 Å². The molecule has 5 nitrogen and oxygen atoms in total. The smallest absolute Gasteiger partial charge is 0.231 e. The summed E-state index contributed by atoms with van der Waals surface area (Å²) in [6, 6.07) is 12.6. The molecule has 0 saturated carbocycles. The molecule has 2 aliphatic rings. The molecule has 1 N–H and O–H groups in total. The Hall–Kier alpha value is -2.95. The molecule has 0 atom stereocenters. The van der Waals surface area contributed by atoms with Crippen LogP contribution in [0.2, 0.25) is 0 Å². The van der Waals surface area contributed by atoms with E-state index in [-0.39, 0.29) is 6.79 Å². The molecule has 0 saturated heterocycles. The van der Waals surface area contributed by atoms with E-state index in [2.05, 4.69) is 48.1 Å². The molecule has 0 bridgehead atoms. The van der Waals surface area contributed by atoms with Crippen LogP contribution in [0.3, 0.4) is 0 Å². The minimum atomic E-state index is 0.287. The van der Waals surface area contributed by atoms with E-state index in [0.29, 0.717) is 0 Å². The van der Waals surface area contributed by atoms with Crippen LogP contribution >= 0.6 is 0 Å². The minimum absolute atomic E-state index is 0.287. The van der Waals surface area contributed by atoms with Crippen molar-refractivity contribution in [1.29, 1.82) is 0 Å². The number of fused-ring (bicyclic) bond motifs is 2. The minimum Gasteiger partial charge on any atom is -0.454 e. The predicted octanol–water partition coefficient (Wildman–Crippen LogP) is 4.63. The van der Waals surface area contributed by atoms with E-state index in [1.54, 1.807) is 0 Å². The van der Waals surface area contributed by atoms with Crippen LogP contribution in [0.5, 0.6) is 11.5 Å². The molecule has 2 aliphatic heterocycles. The Morgan fingerprint density at radius 3 is 2.74 bits per heavy atom. The van der Waals surface area contributed by atoms with Crippen molar-refractivity contribution in [3.63, 3.8) is 0 Å². The third-order valence-corrected chi connectivity index (χ3v) is 5.51. The third kappa shape index (κ3) is 2.74. The second kappa shape index (κ2) is 6.34. The highest BCUT2D eigenvalue weighted by Gasteiger charge is 2.23. The standard InChI is InChI=1S/C22H23N3O2/c1-14-6-8-17(11-15(14)2)25-22-18(5-3-4-10-23-22)21(24-25)16-7-9-19-20(12-16)27-13-26-19/h6-9,11-12,23H,3-5,10,13H2,1-2H3. The summed E-state index contributed by atoms with van der Waals surface area (Å²) in [4.78, 5) is 0. The molecule has 0 aliphatic carbocycles. The lowest BCUT2D eigenvalue weighted by Gasteiger charge is -2.10. The molecule has 3 heterocycles. The van der Waals surface area contributed by atoms with Gasteiger partial charge in [0, 0.05) is 17.7 Å². The number of anilines is 1. The number of nitrogens with one attached hydrogen (secondary N) is 1. The maximum Gasteiger partial charge on any atom is 0.231 e. The number of hydrogen-bond donors (Lipinski definition) is 1.